The minimum atomic E-state index is -0.118. The zero-order valence-corrected chi connectivity index (χ0v) is 20.1. The van der Waals surface area contributed by atoms with Gasteiger partial charge in [0.25, 0.3) is 11.9 Å². The van der Waals surface area contributed by atoms with E-state index >= 15 is 0 Å². The lowest BCUT2D eigenvalue weighted by molar-refractivity contribution is 0.0668. The summed E-state index contributed by atoms with van der Waals surface area (Å²) in [5.74, 6) is 2.21. The number of carbonyl (C=O) groups is 1. The summed E-state index contributed by atoms with van der Waals surface area (Å²) in [6.07, 6.45) is 6.36. The van der Waals surface area contributed by atoms with E-state index in [0.29, 0.717) is 36.6 Å². The van der Waals surface area contributed by atoms with Crippen molar-refractivity contribution in [3.05, 3.63) is 65.7 Å². The second-order valence-electron chi connectivity index (χ2n) is 8.79. The van der Waals surface area contributed by atoms with E-state index in [1.807, 2.05) is 48.4 Å². The number of hydrogen-bond donors (Lipinski definition) is 0. The number of hydrogen-bond acceptors (Lipinski definition) is 7. The summed E-state index contributed by atoms with van der Waals surface area (Å²) in [4.78, 5) is 24.4. The standard InChI is InChI=1S/C26H29N3O4S/c1-18-15-27-26(34-17-21-10-6-14-31-21)28-24(18)19-7-5-13-29(16-19)25(30)22-11-12-23(33-22)32-20-8-3-2-4-9-20/h2-4,8-9,11-12,15,19,21H,5-7,10,13-14,16-17H2,1H3/t19-,21+/m0/s1. The van der Waals surface area contributed by atoms with E-state index in [4.69, 9.17) is 18.9 Å². The Morgan fingerprint density at radius 2 is 2.06 bits per heavy atom. The maximum absolute atomic E-state index is 13.2. The van der Waals surface area contributed by atoms with Crippen LogP contribution < -0.4 is 4.74 Å². The van der Waals surface area contributed by atoms with Gasteiger partial charge in [0.05, 0.1) is 11.8 Å². The monoisotopic (exact) mass is 479 g/mol. The molecular formula is C26H29N3O4S. The van der Waals surface area contributed by atoms with Crippen molar-refractivity contribution in [1.29, 1.82) is 0 Å². The molecule has 2 fully saturated rings. The third-order valence-corrected chi connectivity index (χ3v) is 7.25. The second-order valence-corrected chi connectivity index (χ2v) is 9.78. The zero-order chi connectivity index (χ0) is 23.3. The number of furan rings is 1. The van der Waals surface area contributed by atoms with Gasteiger partial charge in [-0.2, -0.15) is 0 Å². The van der Waals surface area contributed by atoms with Crippen LogP contribution in [-0.2, 0) is 4.74 Å². The van der Waals surface area contributed by atoms with E-state index < -0.39 is 0 Å². The van der Waals surface area contributed by atoms with E-state index in [2.05, 4.69) is 4.98 Å². The Labute approximate surface area is 203 Å². The van der Waals surface area contributed by atoms with Crippen molar-refractivity contribution < 1.29 is 18.7 Å². The number of rotatable bonds is 7. The molecule has 0 saturated carbocycles. The number of ether oxygens (including phenoxy) is 2. The molecule has 2 atom stereocenters. The number of aromatic nitrogens is 2. The van der Waals surface area contributed by atoms with E-state index in [9.17, 15) is 4.79 Å². The molecule has 0 bridgehead atoms. The fourth-order valence-corrected chi connectivity index (χ4v) is 5.39. The van der Waals surface area contributed by atoms with Gasteiger partial charge in [-0.1, -0.05) is 30.0 Å². The molecule has 34 heavy (non-hydrogen) atoms. The van der Waals surface area contributed by atoms with Crippen molar-refractivity contribution in [3.8, 4) is 11.7 Å². The molecule has 0 unspecified atom stereocenters. The predicted octanol–water partition coefficient (Wildman–Crippen LogP) is 5.46. The van der Waals surface area contributed by atoms with Crippen LogP contribution in [0, 0.1) is 6.92 Å². The Morgan fingerprint density at radius 3 is 2.88 bits per heavy atom. The minimum Gasteiger partial charge on any atom is -0.426 e. The minimum absolute atomic E-state index is 0.118. The molecule has 0 spiro atoms. The molecule has 2 aromatic heterocycles. The molecule has 2 aliphatic rings. The molecule has 4 heterocycles. The van der Waals surface area contributed by atoms with Gasteiger partial charge in [-0.05, 0) is 56.4 Å². The number of thioether (sulfide) groups is 1. The van der Waals surface area contributed by atoms with Crippen LogP contribution in [0.4, 0.5) is 0 Å². The fourth-order valence-electron chi connectivity index (χ4n) is 4.50. The highest BCUT2D eigenvalue weighted by Crippen LogP contribution is 2.31. The van der Waals surface area contributed by atoms with Gasteiger partial charge in [0.15, 0.2) is 10.9 Å². The Morgan fingerprint density at radius 1 is 1.18 bits per heavy atom. The highest BCUT2D eigenvalue weighted by molar-refractivity contribution is 7.99. The highest BCUT2D eigenvalue weighted by atomic mass is 32.2. The molecule has 2 aliphatic heterocycles. The molecular weight excluding hydrogens is 450 g/mol. The molecule has 1 amide bonds. The number of para-hydroxylation sites is 1. The maximum atomic E-state index is 13.2. The first-order valence-electron chi connectivity index (χ1n) is 11.9. The normalized spacial score (nSPS) is 20.4. The van der Waals surface area contributed by atoms with Gasteiger partial charge in [-0.3, -0.25) is 4.79 Å². The van der Waals surface area contributed by atoms with E-state index in [0.717, 1.165) is 54.5 Å². The molecule has 2 saturated heterocycles. The SMILES string of the molecule is Cc1cnc(SC[C@H]2CCCO2)nc1[C@H]1CCCN(C(=O)c2ccc(Oc3ccccc3)o2)C1. The fraction of sp³-hybridized carbons (Fsp3) is 0.423. The summed E-state index contributed by atoms with van der Waals surface area (Å²) < 4.78 is 17.1. The summed E-state index contributed by atoms with van der Waals surface area (Å²) in [6, 6.07) is 12.8. The topological polar surface area (TPSA) is 77.7 Å². The Bertz CT molecular complexity index is 1110. The van der Waals surface area contributed by atoms with Gasteiger partial charge in [0.1, 0.15) is 5.75 Å². The number of carbonyl (C=O) groups excluding carboxylic acids is 1. The van der Waals surface area contributed by atoms with Crippen LogP contribution in [0.3, 0.4) is 0 Å². The van der Waals surface area contributed by atoms with Crippen LogP contribution in [0.5, 0.6) is 11.7 Å². The van der Waals surface area contributed by atoms with Gasteiger partial charge in [-0.15, -0.1) is 0 Å². The van der Waals surface area contributed by atoms with Crippen LogP contribution in [0.25, 0.3) is 0 Å². The highest BCUT2D eigenvalue weighted by Gasteiger charge is 2.29. The van der Waals surface area contributed by atoms with Crippen LogP contribution in [0.1, 0.15) is 53.4 Å². The van der Waals surface area contributed by atoms with Crippen molar-refractivity contribution in [2.45, 2.75) is 49.8 Å². The molecule has 7 nitrogen and oxygen atoms in total. The summed E-state index contributed by atoms with van der Waals surface area (Å²) in [6.45, 7) is 4.22. The van der Waals surface area contributed by atoms with E-state index in [1.54, 1.807) is 23.9 Å². The van der Waals surface area contributed by atoms with Crippen LogP contribution in [-0.4, -0.2) is 52.3 Å². The average Bonchev–Trinajstić information content (AvgIpc) is 3.56. The first-order chi connectivity index (χ1) is 16.7. The van der Waals surface area contributed by atoms with Gasteiger partial charge in [0.2, 0.25) is 0 Å². The van der Waals surface area contributed by atoms with Crippen LogP contribution in [0.2, 0.25) is 0 Å². The number of aryl methyl sites for hydroxylation is 1. The Balaban J connectivity index is 1.24. The lowest BCUT2D eigenvalue weighted by Crippen LogP contribution is -2.39. The van der Waals surface area contributed by atoms with E-state index in [-0.39, 0.29) is 11.8 Å². The molecule has 3 aromatic rings. The average molecular weight is 480 g/mol. The largest absolute Gasteiger partial charge is 0.426 e. The third-order valence-electron chi connectivity index (χ3n) is 6.26. The number of likely N-dealkylation sites (tertiary alicyclic amines) is 1. The molecule has 0 aliphatic carbocycles. The van der Waals surface area contributed by atoms with Crippen molar-refractivity contribution in [1.82, 2.24) is 14.9 Å². The lowest BCUT2D eigenvalue weighted by Gasteiger charge is -2.32. The first kappa shape index (κ1) is 22.9. The lowest BCUT2D eigenvalue weighted by atomic mass is 9.92. The van der Waals surface area contributed by atoms with Crippen molar-refractivity contribution in [2.75, 3.05) is 25.4 Å². The Hall–Kier alpha value is -2.84. The smallest absolute Gasteiger partial charge is 0.290 e. The second kappa shape index (κ2) is 10.6. The van der Waals surface area contributed by atoms with Gasteiger partial charge in [0, 0.05) is 43.6 Å². The van der Waals surface area contributed by atoms with Crippen LogP contribution >= 0.6 is 11.8 Å². The molecule has 5 rings (SSSR count). The first-order valence-corrected chi connectivity index (χ1v) is 12.8. The van der Waals surface area contributed by atoms with Crippen molar-refractivity contribution >= 4 is 17.7 Å². The predicted molar refractivity (Wildman–Crippen MR) is 130 cm³/mol. The van der Waals surface area contributed by atoms with Gasteiger partial charge < -0.3 is 18.8 Å². The Kier molecular flexibility index (Phi) is 7.16. The maximum Gasteiger partial charge on any atom is 0.290 e. The molecule has 8 heteroatoms. The molecule has 0 N–H and O–H groups in total. The third kappa shape index (κ3) is 5.45. The number of piperidine rings is 1. The number of benzene rings is 1. The number of nitrogens with zero attached hydrogens (tertiary/aromatic N) is 3. The van der Waals surface area contributed by atoms with Gasteiger partial charge in [-0.25, -0.2) is 9.97 Å². The summed E-state index contributed by atoms with van der Waals surface area (Å²) in [7, 11) is 0. The van der Waals surface area contributed by atoms with Crippen molar-refractivity contribution in [3.63, 3.8) is 0 Å². The summed E-state index contributed by atoms with van der Waals surface area (Å²) >= 11 is 1.66. The zero-order valence-electron chi connectivity index (χ0n) is 19.3. The molecule has 178 valence electrons. The quantitative estimate of drug-likeness (QED) is 0.329. The summed E-state index contributed by atoms with van der Waals surface area (Å²) in [5.41, 5.74) is 2.10. The van der Waals surface area contributed by atoms with E-state index in [1.165, 1.54) is 0 Å². The number of amides is 1. The molecule has 1 aromatic carbocycles. The van der Waals surface area contributed by atoms with Crippen LogP contribution in [0.15, 0.2) is 58.2 Å². The van der Waals surface area contributed by atoms with Crippen molar-refractivity contribution in [2.24, 2.45) is 0 Å². The molecule has 0 radical (unpaired) electrons. The van der Waals surface area contributed by atoms with Gasteiger partial charge >= 0.3 is 0 Å². The summed E-state index contributed by atoms with van der Waals surface area (Å²) in [5, 5.41) is 0.785.